The van der Waals surface area contributed by atoms with Crippen LogP contribution in [0.3, 0.4) is 0 Å². The second-order valence-electron chi connectivity index (χ2n) is 7.19. The van der Waals surface area contributed by atoms with Crippen molar-refractivity contribution < 1.29 is 22.7 Å². The zero-order valence-electron chi connectivity index (χ0n) is 17.9. The molecule has 178 valence electrons. The summed E-state index contributed by atoms with van der Waals surface area (Å²) in [6.45, 7) is 3.86. The fourth-order valence-corrected chi connectivity index (χ4v) is 3.61. The van der Waals surface area contributed by atoms with E-state index in [4.69, 9.17) is 10.5 Å². The van der Waals surface area contributed by atoms with E-state index in [1.807, 2.05) is 13.8 Å². The highest BCUT2D eigenvalue weighted by molar-refractivity contribution is 7.99. The lowest BCUT2D eigenvalue weighted by Gasteiger charge is -2.24. The molecule has 1 amide bonds. The second kappa shape index (κ2) is 10.2. The summed E-state index contributed by atoms with van der Waals surface area (Å²) in [6.07, 6.45) is -4.69. The highest BCUT2D eigenvalue weighted by atomic mass is 32.2. The number of hydrogen-bond acceptors (Lipinski definition) is 8. The number of aromatic amines is 1. The van der Waals surface area contributed by atoms with Crippen molar-refractivity contribution in [2.75, 3.05) is 36.6 Å². The fraction of sp³-hybridized carbons (Fsp3) is 0.588. The van der Waals surface area contributed by atoms with E-state index in [-0.39, 0.29) is 48.0 Å². The van der Waals surface area contributed by atoms with Gasteiger partial charge in [0.05, 0.1) is 12.4 Å². The predicted molar refractivity (Wildman–Crippen MR) is 112 cm³/mol. The largest absolute Gasteiger partial charge is 0.451 e. The first-order valence-electron chi connectivity index (χ1n) is 9.39. The van der Waals surface area contributed by atoms with Crippen LogP contribution >= 0.6 is 11.8 Å². The van der Waals surface area contributed by atoms with Gasteiger partial charge in [0.25, 0.3) is 5.56 Å². The molecule has 0 radical (unpaired) electrons. The summed E-state index contributed by atoms with van der Waals surface area (Å²) in [5.74, 6) is -2.39. The van der Waals surface area contributed by atoms with Gasteiger partial charge in [-0.05, 0) is 5.92 Å². The van der Waals surface area contributed by atoms with E-state index >= 15 is 0 Å². The Morgan fingerprint density at radius 3 is 2.50 bits per heavy atom. The summed E-state index contributed by atoms with van der Waals surface area (Å²) >= 11 is 0.714. The maximum Gasteiger partial charge on any atom is 0.451 e. The van der Waals surface area contributed by atoms with Crippen LogP contribution in [0.2, 0.25) is 0 Å². The first kappa shape index (κ1) is 25.5. The van der Waals surface area contributed by atoms with Crippen molar-refractivity contribution in [2.45, 2.75) is 31.7 Å². The number of alkyl halides is 3. The van der Waals surface area contributed by atoms with Crippen molar-refractivity contribution >= 4 is 29.2 Å². The number of methoxy groups -OCH3 is 1. The molecule has 0 unspecified atom stereocenters. The van der Waals surface area contributed by atoms with E-state index < -0.39 is 29.2 Å². The normalized spacial score (nSPS) is 11.9. The molecule has 2 aromatic rings. The average Bonchev–Trinajstić information content (AvgIpc) is 3.06. The zero-order chi connectivity index (χ0) is 24.2. The van der Waals surface area contributed by atoms with Gasteiger partial charge in [0, 0.05) is 27.2 Å². The Balaban J connectivity index is 2.37. The van der Waals surface area contributed by atoms with Crippen molar-refractivity contribution in [3.05, 3.63) is 26.7 Å². The lowest BCUT2D eigenvalue weighted by Crippen LogP contribution is -2.43. The molecule has 0 aliphatic heterocycles. The zero-order valence-corrected chi connectivity index (χ0v) is 18.7. The Morgan fingerprint density at radius 2 is 1.97 bits per heavy atom. The smallest absolute Gasteiger partial charge is 0.383 e. The quantitative estimate of drug-likeness (QED) is 0.501. The van der Waals surface area contributed by atoms with Crippen molar-refractivity contribution in [3.63, 3.8) is 0 Å². The minimum atomic E-state index is -4.69. The van der Waals surface area contributed by atoms with Gasteiger partial charge in [0.2, 0.25) is 11.7 Å². The van der Waals surface area contributed by atoms with E-state index in [2.05, 4.69) is 15.2 Å². The summed E-state index contributed by atoms with van der Waals surface area (Å²) < 4.78 is 45.6. The van der Waals surface area contributed by atoms with Crippen LogP contribution in [0.1, 0.15) is 19.7 Å². The maximum absolute atomic E-state index is 12.9. The van der Waals surface area contributed by atoms with Crippen LogP contribution in [0.4, 0.5) is 24.7 Å². The number of nitrogens with zero attached hydrogens (tertiary/aromatic N) is 5. The summed E-state index contributed by atoms with van der Waals surface area (Å²) in [7, 11) is 2.52. The molecular formula is C17H24F3N7O4S. The first-order chi connectivity index (χ1) is 14.9. The van der Waals surface area contributed by atoms with Crippen molar-refractivity contribution in [2.24, 2.45) is 13.0 Å². The van der Waals surface area contributed by atoms with Crippen LogP contribution in [-0.4, -0.2) is 56.2 Å². The highest BCUT2D eigenvalue weighted by Crippen LogP contribution is 2.30. The number of carbonyl (C=O) groups excluding carboxylic acids is 1. The molecule has 2 aromatic heterocycles. The van der Waals surface area contributed by atoms with E-state index in [9.17, 15) is 27.6 Å². The molecule has 15 heteroatoms. The molecule has 0 saturated carbocycles. The van der Waals surface area contributed by atoms with E-state index in [0.717, 1.165) is 21.1 Å². The standard InChI is InChI=1S/C17H24F3N7O4S/c1-9(2)7-27-12(21)11(13(29)22-15(27)30)26(5-6-31-4)10(28)8-32-16-24-23-14(25(16)3)17(18,19)20/h9H,5-8,21H2,1-4H3,(H,22,29,30). The number of thioether (sulfide) groups is 1. The average molecular weight is 479 g/mol. The van der Waals surface area contributed by atoms with E-state index in [1.165, 1.54) is 7.11 Å². The Kier molecular flexibility index (Phi) is 8.12. The van der Waals surface area contributed by atoms with Crippen molar-refractivity contribution in [1.29, 1.82) is 0 Å². The fourth-order valence-electron chi connectivity index (χ4n) is 2.82. The molecule has 3 N–H and O–H groups in total. The van der Waals surface area contributed by atoms with Gasteiger partial charge < -0.3 is 19.9 Å². The molecule has 2 heterocycles. The number of carbonyl (C=O) groups is 1. The van der Waals surface area contributed by atoms with Crippen molar-refractivity contribution in [1.82, 2.24) is 24.3 Å². The third-order valence-corrected chi connectivity index (χ3v) is 5.27. The number of nitrogens with one attached hydrogen (secondary N) is 1. The van der Waals surface area contributed by atoms with Crippen LogP contribution in [0.15, 0.2) is 14.7 Å². The van der Waals surface area contributed by atoms with E-state index in [1.54, 1.807) is 0 Å². The molecule has 0 aromatic carbocycles. The molecule has 0 spiro atoms. The number of hydrogen-bond donors (Lipinski definition) is 2. The molecule has 0 aliphatic rings. The molecule has 0 aliphatic carbocycles. The highest BCUT2D eigenvalue weighted by Gasteiger charge is 2.37. The van der Waals surface area contributed by atoms with Gasteiger partial charge in [-0.25, -0.2) is 4.79 Å². The van der Waals surface area contributed by atoms with Crippen LogP contribution in [0.25, 0.3) is 0 Å². The number of ether oxygens (including phenoxy) is 1. The lowest BCUT2D eigenvalue weighted by molar-refractivity contribution is -0.147. The van der Waals surface area contributed by atoms with Crippen LogP contribution in [0, 0.1) is 5.92 Å². The molecule has 2 rings (SSSR count). The molecule has 0 bridgehead atoms. The topological polar surface area (TPSA) is 141 Å². The Labute approximate surface area is 184 Å². The third-order valence-electron chi connectivity index (χ3n) is 4.27. The number of amides is 1. The number of nitrogens with two attached hydrogens (primary N) is 1. The van der Waals surface area contributed by atoms with E-state index in [0.29, 0.717) is 11.8 Å². The number of H-pyrrole nitrogens is 1. The first-order valence-corrected chi connectivity index (χ1v) is 10.4. The minimum absolute atomic E-state index is 0.0196. The molecule has 0 saturated heterocycles. The van der Waals surface area contributed by atoms with Gasteiger partial charge >= 0.3 is 11.9 Å². The van der Waals surface area contributed by atoms with Crippen molar-refractivity contribution in [3.8, 4) is 0 Å². The Hall–Kier alpha value is -2.81. The predicted octanol–water partition coefficient (Wildman–Crippen LogP) is 0.694. The molecule has 32 heavy (non-hydrogen) atoms. The number of nitrogen functional groups attached to an aromatic ring is 1. The Morgan fingerprint density at radius 1 is 1.31 bits per heavy atom. The second-order valence-corrected chi connectivity index (χ2v) is 8.13. The van der Waals surface area contributed by atoms with Gasteiger partial charge in [-0.15, -0.1) is 10.2 Å². The number of halogens is 3. The summed E-state index contributed by atoms with van der Waals surface area (Å²) in [5.41, 5.74) is 4.27. The molecule has 0 fully saturated rings. The molecule has 0 atom stereocenters. The summed E-state index contributed by atoms with van der Waals surface area (Å²) in [6, 6.07) is 0. The Bertz CT molecular complexity index is 1080. The van der Waals surface area contributed by atoms with Gasteiger partial charge in [-0.3, -0.25) is 19.1 Å². The lowest BCUT2D eigenvalue weighted by atomic mass is 10.2. The SMILES string of the molecule is COCCN(C(=O)CSc1nnc(C(F)(F)F)n1C)c1c(N)n(CC(C)C)c(=O)[nH]c1=O. The van der Waals surface area contributed by atoms with Gasteiger partial charge in [-0.1, -0.05) is 25.6 Å². The van der Waals surface area contributed by atoms with Crippen LogP contribution in [-0.2, 0) is 29.3 Å². The number of aromatic nitrogens is 5. The monoisotopic (exact) mass is 479 g/mol. The molecule has 11 nitrogen and oxygen atoms in total. The van der Waals surface area contributed by atoms with Gasteiger partial charge in [-0.2, -0.15) is 13.2 Å². The maximum atomic E-state index is 12.9. The minimum Gasteiger partial charge on any atom is -0.383 e. The van der Waals surface area contributed by atoms with Crippen LogP contribution < -0.4 is 21.9 Å². The molecular weight excluding hydrogens is 455 g/mol. The van der Waals surface area contributed by atoms with Crippen LogP contribution in [0.5, 0.6) is 0 Å². The van der Waals surface area contributed by atoms with Gasteiger partial charge in [0.15, 0.2) is 10.8 Å². The summed E-state index contributed by atoms with van der Waals surface area (Å²) in [5, 5.41) is 6.43. The van der Waals surface area contributed by atoms with Gasteiger partial charge in [0.1, 0.15) is 5.82 Å². The third kappa shape index (κ3) is 5.70. The number of rotatable bonds is 9. The summed E-state index contributed by atoms with van der Waals surface area (Å²) in [4.78, 5) is 40.8. The number of anilines is 2.